The first kappa shape index (κ1) is 20.7. The second kappa shape index (κ2) is 8.03. The van der Waals surface area contributed by atoms with Crippen LogP contribution >= 0.6 is 0 Å². The van der Waals surface area contributed by atoms with Gasteiger partial charge in [0.15, 0.2) is 0 Å². The van der Waals surface area contributed by atoms with Crippen molar-refractivity contribution in [3.8, 4) is 5.75 Å². The van der Waals surface area contributed by atoms with E-state index in [0.717, 1.165) is 43.4 Å². The first-order valence-electron chi connectivity index (χ1n) is 11.4. The van der Waals surface area contributed by atoms with Crippen LogP contribution in [-0.4, -0.2) is 34.5 Å². The third-order valence-corrected chi connectivity index (χ3v) is 7.95. The molecule has 1 aromatic heterocycles. The summed E-state index contributed by atoms with van der Waals surface area (Å²) >= 11 is 0. The average molecular weight is 424 g/mol. The van der Waals surface area contributed by atoms with Gasteiger partial charge in [0.2, 0.25) is 0 Å². The molecule has 2 aromatic rings. The molecule has 0 spiro atoms. The van der Waals surface area contributed by atoms with Crippen molar-refractivity contribution in [1.29, 1.82) is 0 Å². The maximum Gasteiger partial charge on any atom is 0.142 e. The number of fused-ring (bicyclic) bond motifs is 5. The van der Waals surface area contributed by atoms with Crippen LogP contribution in [0.3, 0.4) is 0 Å². The maximum atomic E-state index is 13.8. The second-order valence-corrected chi connectivity index (χ2v) is 9.63. The fraction of sp³-hybridized carbons (Fsp3) is 0.500. The van der Waals surface area contributed by atoms with Gasteiger partial charge in [-0.3, -0.25) is 4.98 Å². The zero-order valence-electron chi connectivity index (χ0n) is 17.9. The number of allylic oxidation sites excluding steroid dienone is 2. The number of rotatable bonds is 5. The number of aliphatic hydroxyl groups excluding tert-OH is 2. The van der Waals surface area contributed by atoms with Gasteiger partial charge in [-0.1, -0.05) is 19.1 Å². The summed E-state index contributed by atoms with van der Waals surface area (Å²) in [5, 5.41) is 18.5. The molecule has 31 heavy (non-hydrogen) atoms. The predicted octanol–water partition coefficient (Wildman–Crippen LogP) is 4.50. The molecular formula is C26H30FNO3. The molecule has 1 saturated carbocycles. The lowest BCUT2D eigenvalue weighted by Crippen LogP contribution is -2.40. The molecule has 1 heterocycles. The Hall–Kier alpha value is -2.24. The van der Waals surface area contributed by atoms with E-state index >= 15 is 0 Å². The summed E-state index contributed by atoms with van der Waals surface area (Å²) in [5.74, 6) is 2.25. The largest absolute Gasteiger partial charge is 0.491 e. The van der Waals surface area contributed by atoms with E-state index in [1.165, 1.54) is 22.9 Å². The van der Waals surface area contributed by atoms with E-state index < -0.39 is 6.10 Å². The average Bonchev–Trinajstić information content (AvgIpc) is 3.14. The number of ether oxygens (including phenoxy) is 1. The molecule has 3 aliphatic rings. The molecule has 0 radical (unpaired) electrons. The third kappa shape index (κ3) is 3.58. The van der Waals surface area contributed by atoms with Crippen molar-refractivity contribution >= 4 is 5.57 Å². The predicted molar refractivity (Wildman–Crippen MR) is 117 cm³/mol. The van der Waals surface area contributed by atoms with Crippen molar-refractivity contribution < 1.29 is 19.3 Å². The molecule has 1 fully saturated rings. The molecular weight excluding hydrogens is 393 g/mol. The molecule has 0 bridgehead atoms. The van der Waals surface area contributed by atoms with E-state index in [1.807, 2.05) is 6.07 Å². The first-order valence-corrected chi connectivity index (χ1v) is 11.4. The van der Waals surface area contributed by atoms with E-state index in [2.05, 4.69) is 30.1 Å². The highest BCUT2D eigenvalue weighted by atomic mass is 19.1. The van der Waals surface area contributed by atoms with Crippen molar-refractivity contribution in [2.75, 3.05) is 13.2 Å². The summed E-state index contributed by atoms with van der Waals surface area (Å²) in [6, 6.07) is 7.94. The third-order valence-electron chi connectivity index (χ3n) is 7.95. The standard InChI is InChI=1S/C26H30FNO3/c1-26-9-8-22-21-5-3-20(31-15-19(30)14-29)11-16(21)2-4-23(22)25(26)7-6-24(26)17-10-18(27)13-28-12-17/h3,5-6,10-13,19,22-23,25,29-30H,2,4,7-9,14-15H2,1H3/t19?,22-,23-,25+,26-/m1/s1. The molecule has 3 aliphatic carbocycles. The van der Waals surface area contributed by atoms with Gasteiger partial charge in [0, 0.05) is 6.20 Å². The van der Waals surface area contributed by atoms with E-state index in [0.29, 0.717) is 17.8 Å². The summed E-state index contributed by atoms with van der Waals surface area (Å²) in [5.41, 5.74) is 5.08. The minimum Gasteiger partial charge on any atom is -0.491 e. The van der Waals surface area contributed by atoms with Crippen LogP contribution in [0.4, 0.5) is 4.39 Å². The van der Waals surface area contributed by atoms with Crippen LogP contribution in [0.15, 0.2) is 42.7 Å². The fourth-order valence-electron chi connectivity index (χ4n) is 6.47. The Kier molecular flexibility index (Phi) is 5.35. The van der Waals surface area contributed by atoms with Crippen molar-refractivity contribution in [2.45, 2.75) is 51.0 Å². The highest BCUT2D eigenvalue weighted by Gasteiger charge is 2.51. The molecule has 1 aromatic carbocycles. The van der Waals surface area contributed by atoms with Gasteiger partial charge >= 0.3 is 0 Å². The zero-order chi connectivity index (χ0) is 21.6. The normalized spacial score (nSPS) is 30.1. The van der Waals surface area contributed by atoms with Crippen molar-refractivity contribution in [2.24, 2.45) is 17.3 Å². The monoisotopic (exact) mass is 423 g/mol. The topological polar surface area (TPSA) is 62.6 Å². The van der Waals surface area contributed by atoms with Gasteiger partial charge < -0.3 is 14.9 Å². The summed E-state index contributed by atoms with van der Waals surface area (Å²) < 4.78 is 19.5. The van der Waals surface area contributed by atoms with Crippen LogP contribution in [0, 0.1) is 23.1 Å². The number of nitrogens with zero attached hydrogens (tertiary/aromatic N) is 1. The molecule has 0 saturated heterocycles. The van der Waals surface area contributed by atoms with Crippen LogP contribution in [0.5, 0.6) is 5.75 Å². The van der Waals surface area contributed by atoms with Gasteiger partial charge in [-0.2, -0.15) is 0 Å². The maximum absolute atomic E-state index is 13.8. The molecule has 0 amide bonds. The van der Waals surface area contributed by atoms with Gasteiger partial charge in [0.05, 0.1) is 12.8 Å². The Balaban J connectivity index is 1.36. The van der Waals surface area contributed by atoms with Crippen LogP contribution in [-0.2, 0) is 6.42 Å². The molecule has 0 aliphatic heterocycles. The lowest BCUT2D eigenvalue weighted by Gasteiger charge is -2.50. The molecule has 1 unspecified atom stereocenters. The van der Waals surface area contributed by atoms with Gasteiger partial charge in [-0.25, -0.2) is 4.39 Å². The molecule has 5 rings (SSSR count). The van der Waals surface area contributed by atoms with Crippen molar-refractivity contribution in [3.63, 3.8) is 0 Å². The van der Waals surface area contributed by atoms with Crippen molar-refractivity contribution in [1.82, 2.24) is 4.98 Å². The SMILES string of the molecule is C[C@]12CC[C@@H]3c4ccc(OCC(O)CO)cc4CC[C@H]3[C@@H]1CC=C2c1cncc(F)c1. The quantitative estimate of drug-likeness (QED) is 0.743. The summed E-state index contributed by atoms with van der Waals surface area (Å²) in [6.07, 6.45) is 10.0. The lowest BCUT2D eigenvalue weighted by molar-refractivity contribution is 0.0534. The fourth-order valence-corrected chi connectivity index (χ4v) is 6.47. The minimum absolute atomic E-state index is 0.0810. The highest BCUT2D eigenvalue weighted by molar-refractivity contribution is 5.72. The summed E-state index contributed by atoms with van der Waals surface area (Å²) in [6.45, 7) is 2.18. The number of pyridine rings is 1. The number of aromatic nitrogens is 1. The number of aryl methyl sites for hydroxylation is 1. The minimum atomic E-state index is -0.853. The first-order chi connectivity index (χ1) is 15.0. The van der Waals surface area contributed by atoms with E-state index in [-0.39, 0.29) is 24.4 Å². The Morgan fingerprint density at radius 3 is 2.94 bits per heavy atom. The number of hydrogen-bond acceptors (Lipinski definition) is 4. The molecule has 2 N–H and O–H groups in total. The summed E-state index contributed by atoms with van der Waals surface area (Å²) in [4.78, 5) is 4.09. The Morgan fingerprint density at radius 1 is 1.26 bits per heavy atom. The van der Waals surface area contributed by atoms with E-state index in [1.54, 1.807) is 12.3 Å². The van der Waals surface area contributed by atoms with Crippen molar-refractivity contribution in [3.05, 3.63) is 65.2 Å². The Bertz CT molecular complexity index is 1010. The van der Waals surface area contributed by atoms with E-state index in [9.17, 15) is 9.50 Å². The second-order valence-electron chi connectivity index (χ2n) is 9.63. The van der Waals surface area contributed by atoms with Crippen LogP contribution < -0.4 is 4.74 Å². The van der Waals surface area contributed by atoms with Gasteiger partial charge in [0.1, 0.15) is 24.3 Å². The van der Waals surface area contributed by atoms with Gasteiger partial charge in [0.25, 0.3) is 0 Å². The Labute approximate surface area is 182 Å². The Morgan fingerprint density at radius 2 is 2.13 bits per heavy atom. The molecule has 5 heteroatoms. The van der Waals surface area contributed by atoms with Crippen LogP contribution in [0.25, 0.3) is 5.57 Å². The van der Waals surface area contributed by atoms with Crippen LogP contribution in [0.2, 0.25) is 0 Å². The van der Waals surface area contributed by atoms with Gasteiger partial charge in [-0.05, 0) is 95.7 Å². The number of halogens is 1. The van der Waals surface area contributed by atoms with Crippen LogP contribution in [0.1, 0.15) is 55.2 Å². The number of hydrogen-bond donors (Lipinski definition) is 2. The molecule has 164 valence electrons. The molecule has 5 atom stereocenters. The molecule has 4 nitrogen and oxygen atoms in total. The smallest absolute Gasteiger partial charge is 0.142 e. The highest BCUT2D eigenvalue weighted by Crippen LogP contribution is 2.63. The lowest BCUT2D eigenvalue weighted by atomic mass is 9.54. The number of aliphatic hydroxyl groups is 2. The zero-order valence-corrected chi connectivity index (χ0v) is 17.9. The van der Waals surface area contributed by atoms with E-state index in [4.69, 9.17) is 9.84 Å². The summed E-state index contributed by atoms with van der Waals surface area (Å²) in [7, 11) is 0. The van der Waals surface area contributed by atoms with Gasteiger partial charge in [-0.15, -0.1) is 0 Å². The number of benzene rings is 1.